The van der Waals surface area contributed by atoms with Crippen molar-refractivity contribution >= 4 is 0 Å². The molecule has 1 N–H and O–H groups in total. The Bertz CT molecular complexity index is 234. The van der Waals surface area contributed by atoms with Crippen LogP contribution in [0.2, 0.25) is 0 Å². The summed E-state index contributed by atoms with van der Waals surface area (Å²) in [6.07, 6.45) is 18.7. The predicted octanol–water partition coefficient (Wildman–Crippen LogP) is 5.62. The van der Waals surface area contributed by atoms with Gasteiger partial charge in [0.05, 0.1) is 11.7 Å². The van der Waals surface area contributed by atoms with E-state index in [1.807, 2.05) is 0 Å². The molecule has 0 radical (unpaired) electrons. The van der Waals surface area contributed by atoms with Gasteiger partial charge in [-0.15, -0.1) is 0 Å². The van der Waals surface area contributed by atoms with E-state index < -0.39 is 0 Å². The zero-order chi connectivity index (χ0) is 15.4. The lowest BCUT2D eigenvalue weighted by atomic mass is 9.90. The largest absolute Gasteiger partial charge is 0.390 e. The molecule has 1 unspecified atom stereocenters. The quantitative estimate of drug-likeness (QED) is 0.447. The van der Waals surface area contributed by atoms with E-state index in [9.17, 15) is 5.11 Å². The topological polar surface area (TPSA) is 29.5 Å². The fourth-order valence-corrected chi connectivity index (χ4v) is 3.74. The molecular weight excluding hydrogens is 260 g/mol. The minimum Gasteiger partial charge on any atom is -0.390 e. The Morgan fingerprint density at radius 3 is 1.81 bits per heavy atom. The average Bonchev–Trinajstić information content (AvgIpc) is 2.99. The molecule has 0 heterocycles. The van der Waals surface area contributed by atoms with Crippen LogP contribution < -0.4 is 0 Å². The summed E-state index contributed by atoms with van der Waals surface area (Å²) in [6, 6.07) is 0. The molecule has 1 fully saturated rings. The number of aliphatic hydroxyl groups is 1. The predicted molar refractivity (Wildman–Crippen MR) is 90.7 cm³/mol. The van der Waals surface area contributed by atoms with Crippen molar-refractivity contribution in [2.75, 3.05) is 7.11 Å². The van der Waals surface area contributed by atoms with Crippen LogP contribution in [0.15, 0.2) is 0 Å². The smallest absolute Gasteiger partial charge is 0.0936 e. The Morgan fingerprint density at radius 2 is 1.33 bits per heavy atom. The van der Waals surface area contributed by atoms with Crippen LogP contribution in [-0.4, -0.2) is 23.9 Å². The normalized spacial score (nSPS) is 19.0. The summed E-state index contributed by atoms with van der Waals surface area (Å²) in [7, 11) is 1.77. The van der Waals surface area contributed by atoms with Gasteiger partial charge < -0.3 is 9.84 Å². The lowest BCUT2D eigenvalue weighted by Gasteiger charge is -2.33. The van der Waals surface area contributed by atoms with Crippen molar-refractivity contribution in [3.05, 3.63) is 0 Å². The van der Waals surface area contributed by atoms with Crippen LogP contribution in [0.25, 0.3) is 0 Å². The third kappa shape index (κ3) is 7.15. The summed E-state index contributed by atoms with van der Waals surface area (Å²) in [6.45, 7) is 2.27. The molecule has 0 bridgehead atoms. The minimum atomic E-state index is -0.251. The monoisotopic (exact) mass is 298 g/mol. The third-order valence-electron chi connectivity index (χ3n) is 5.29. The van der Waals surface area contributed by atoms with Gasteiger partial charge in [-0.25, -0.2) is 0 Å². The van der Waals surface area contributed by atoms with Gasteiger partial charge >= 0.3 is 0 Å². The van der Waals surface area contributed by atoms with Crippen LogP contribution in [0.4, 0.5) is 0 Å². The van der Waals surface area contributed by atoms with E-state index >= 15 is 0 Å². The number of aliphatic hydroxyl groups excluding tert-OH is 1. The Hall–Kier alpha value is -0.0800. The van der Waals surface area contributed by atoms with Crippen molar-refractivity contribution in [2.45, 2.75) is 115 Å². The zero-order valence-corrected chi connectivity index (χ0v) is 14.5. The summed E-state index contributed by atoms with van der Waals surface area (Å²) in [4.78, 5) is 0. The van der Waals surface area contributed by atoms with Crippen molar-refractivity contribution in [3.63, 3.8) is 0 Å². The highest BCUT2D eigenvalue weighted by molar-refractivity contribution is 4.92. The van der Waals surface area contributed by atoms with Gasteiger partial charge in [0.2, 0.25) is 0 Å². The van der Waals surface area contributed by atoms with E-state index in [-0.39, 0.29) is 11.7 Å². The maximum atomic E-state index is 10.4. The molecule has 0 aromatic heterocycles. The Labute approximate surface area is 132 Å². The minimum absolute atomic E-state index is 0.209. The van der Waals surface area contributed by atoms with Crippen molar-refractivity contribution in [1.82, 2.24) is 0 Å². The molecule has 1 aliphatic rings. The molecule has 2 heteroatoms. The summed E-state index contributed by atoms with van der Waals surface area (Å²) >= 11 is 0. The molecule has 1 atom stereocenters. The second-order valence-corrected chi connectivity index (χ2v) is 6.96. The first-order valence-corrected chi connectivity index (χ1v) is 9.48. The standard InChI is InChI=1S/C19H38O2/c1-3-4-5-6-7-8-9-10-11-12-15-18(20)19(21-2)16-13-14-17-19/h18,20H,3-17H2,1-2H3. The van der Waals surface area contributed by atoms with Crippen LogP contribution in [0, 0.1) is 0 Å². The lowest BCUT2D eigenvalue weighted by Crippen LogP contribution is -2.41. The molecule has 21 heavy (non-hydrogen) atoms. The molecule has 0 amide bonds. The zero-order valence-electron chi connectivity index (χ0n) is 14.5. The van der Waals surface area contributed by atoms with Crippen molar-refractivity contribution in [2.24, 2.45) is 0 Å². The van der Waals surface area contributed by atoms with Crippen LogP contribution in [-0.2, 0) is 4.74 Å². The van der Waals surface area contributed by atoms with E-state index in [1.54, 1.807) is 7.11 Å². The van der Waals surface area contributed by atoms with Crippen molar-refractivity contribution < 1.29 is 9.84 Å². The second-order valence-electron chi connectivity index (χ2n) is 6.96. The van der Waals surface area contributed by atoms with Gasteiger partial charge in [0.1, 0.15) is 0 Å². The van der Waals surface area contributed by atoms with Gasteiger partial charge in [0.25, 0.3) is 0 Å². The summed E-state index contributed by atoms with van der Waals surface area (Å²) in [5.41, 5.74) is -0.209. The molecule has 0 aromatic rings. The van der Waals surface area contributed by atoms with Crippen LogP contribution in [0.5, 0.6) is 0 Å². The first kappa shape index (κ1) is 19.0. The van der Waals surface area contributed by atoms with Crippen LogP contribution >= 0.6 is 0 Å². The highest BCUT2D eigenvalue weighted by Crippen LogP contribution is 2.37. The molecule has 126 valence electrons. The molecule has 0 saturated heterocycles. The number of hydrogen-bond acceptors (Lipinski definition) is 2. The fourth-order valence-electron chi connectivity index (χ4n) is 3.74. The molecule has 0 spiro atoms. The van der Waals surface area contributed by atoms with Gasteiger partial charge in [0.15, 0.2) is 0 Å². The molecule has 2 nitrogen and oxygen atoms in total. The van der Waals surface area contributed by atoms with Crippen LogP contribution in [0.3, 0.4) is 0 Å². The van der Waals surface area contributed by atoms with Gasteiger partial charge in [-0.3, -0.25) is 0 Å². The molecule has 1 rings (SSSR count). The molecule has 0 aromatic carbocycles. The Balaban J connectivity index is 1.94. The molecular formula is C19H38O2. The van der Waals surface area contributed by atoms with E-state index in [0.717, 1.165) is 25.7 Å². The lowest BCUT2D eigenvalue weighted by molar-refractivity contribution is -0.101. The van der Waals surface area contributed by atoms with Gasteiger partial charge in [-0.2, -0.15) is 0 Å². The van der Waals surface area contributed by atoms with Gasteiger partial charge in [-0.05, 0) is 19.3 Å². The number of ether oxygens (including phenoxy) is 1. The number of unbranched alkanes of at least 4 members (excludes halogenated alkanes) is 9. The highest BCUT2D eigenvalue weighted by atomic mass is 16.5. The first-order chi connectivity index (χ1) is 10.2. The second kappa shape index (κ2) is 11.5. The summed E-state index contributed by atoms with van der Waals surface area (Å²) in [5, 5.41) is 10.4. The third-order valence-corrected chi connectivity index (χ3v) is 5.29. The number of hydrogen-bond donors (Lipinski definition) is 1. The van der Waals surface area contributed by atoms with Crippen molar-refractivity contribution in [3.8, 4) is 0 Å². The van der Waals surface area contributed by atoms with E-state index in [0.29, 0.717) is 0 Å². The first-order valence-electron chi connectivity index (χ1n) is 9.48. The van der Waals surface area contributed by atoms with Crippen LogP contribution in [0.1, 0.15) is 103 Å². The average molecular weight is 299 g/mol. The maximum Gasteiger partial charge on any atom is 0.0936 e. The Kier molecular flexibility index (Phi) is 10.4. The van der Waals surface area contributed by atoms with Crippen molar-refractivity contribution in [1.29, 1.82) is 0 Å². The highest BCUT2D eigenvalue weighted by Gasteiger charge is 2.40. The summed E-state index contributed by atoms with van der Waals surface area (Å²) in [5.74, 6) is 0. The maximum absolute atomic E-state index is 10.4. The molecule has 0 aliphatic heterocycles. The number of rotatable bonds is 13. The molecule has 1 saturated carbocycles. The fraction of sp³-hybridized carbons (Fsp3) is 1.00. The van der Waals surface area contributed by atoms with Gasteiger partial charge in [0, 0.05) is 7.11 Å². The number of methoxy groups -OCH3 is 1. The Morgan fingerprint density at radius 1 is 0.857 bits per heavy atom. The summed E-state index contributed by atoms with van der Waals surface area (Å²) < 4.78 is 5.65. The SMILES string of the molecule is CCCCCCCCCCCCC(O)C1(OC)CCCC1. The van der Waals surface area contributed by atoms with E-state index in [2.05, 4.69) is 6.92 Å². The molecule has 1 aliphatic carbocycles. The van der Waals surface area contributed by atoms with Gasteiger partial charge in [-0.1, -0.05) is 84.0 Å². The van der Waals surface area contributed by atoms with E-state index in [4.69, 9.17) is 4.74 Å². The van der Waals surface area contributed by atoms with E-state index in [1.165, 1.54) is 70.6 Å².